The molecule has 122 valence electrons. The Kier molecular flexibility index (Phi) is 4.26. The normalized spacial score (nSPS) is 10.8. The Labute approximate surface area is 155 Å². The molecule has 5 heteroatoms. The number of nitrogens with one attached hydrogen (secondary N) is 1. The van der Waals surface area contributed by atoms with Gasteiger partial charge in [-0.2, -0.15) is 0 Å². The van der Waals surface area contributed by atoms with Gasteiger partial charge in [0, 0.05) is 34.1 Å². The minimum absolute atomic E-state index is 0.606. The Morgan fingerprint density at radius 2 is 1.56 bits per heavy atom. The standard InChI is InChI=1S/C20H13Cl2N3/c21-15-6-7-17(22)16(12-15)19-18(13-4-2-1-3-5-13)24-20(25-19)14-8-10-23-11-9-14/h1-12H,(H,24,25). The number of imidazole rings is 1. The fraction of sp³-hybridized carbons (Fsp3) is 0. The molecule has 0 saturated heterocycles. The molecule has 3 nitrogen and oxygen atoms in total. The number of rotatable bonds is 3. The van der Waals surface area contributed by atoms with Crippen LogP contribution in [-0.4, -0.2) is 15.0 Å². The first-order chi connectivity index (χ1) is 12.2. The van der Waals surface area contributed by atoms with Crippen molar-refractivity contribution in [1.29, 1.82) is 0 Å². The third-order valence-corrected chi connectivity index (χ3v) is 4.47. The number of H-pyrrole nitrogens is 1. The second-order valence-corrected chi connectivity index (χ2v) is 6.38. The highest BCUT2D eigenvalue weighted by atomic mass is 35.5. The Balaban J connectivity index is 1.96. The number of aromatic amines is 1. The van der Waals surface area contributed by atoms with Gasteiger partial charge < -0.3 is 4.98 Å². The summed E-state index contributed by atoms with van der Waals surface area (Å²) in [4.78, 5) is 12.3. The molecule has 0 aliphatic rings. The number of benzene rings is 2. The van der Waals surface area contributed by atoms with Crippen LogP contribution in [0, 0.1) is 0 Å². The van der Waals surface area contributed by atoms with E-state index in [2.05, 4.69) is 9.97 Å². The van der Waals surface area contributed by atoms with Crippen molar-refractivity contribution in [3.63, 3.8) is 0 Å². The molecule has 0 saturated carbocycles. The van der Waals surface area contributed by atoms with Crippen LogP contribution < -0.4 is 0 Å². The third kappa shape index (κ3) is 3.16. The van der Waals surface area contributed by atoms with Gasteiger partial charge in [0.1, 0.15) is 5.82 Å². The van der Waals surface area contributed by atoms with Gasteiger partial charge in [-0.15, -0.1) is 0 Å². The van der Waals surface area contributed by atoms with E-state index in [1.807, 2.05) is 48.5 Å². The summed E-state index contributed by atoms with van der Waals surface area (Å²) in [5, 5.41) is 1.22. The van der Waals surface area contributed by atoms with Crippen molar-refractivity contribution >= 4 is 23.2 Å². The van der Waals surface area contributed by atoms with Crippen molar-refractivity contribution in [3.05, 3.63) is 83.1 Å². The summed E-state index contributed by atoms with van der Waals surface area (Å²) in [5.41, 5.74) is 4.45. The maximum atomic E-state index is 6.42. The number of hydrogen-bond donors (Lipinski definition) is 1. The molecule has 2 aromatic carbocycles. The minimum atomic E-state index is 0.606. The van der Waals surface area contributed by atoms with Crippen molar-refractivity contribution in [2.24, 2.45) is 0 Å². The van der Waals surface area contributed by atoms with Crippen LogP contribution >= 0.6 is 23.2 Å². The summed E-state index contributed by atoms with van der Waals surface area (Å²) in [6.07, 6.45) is 3.48. The number of hydrogen-bond acceptors (Lipinski definition) is 2. The topological polar surface area (TPSA) is 41.6 Å². The van der Waals surface area contributed by atoms with Gasteiger partial charge in [-0.1, -0.05) is 53.5 Å². The predicted octanol–water partition coefficient (Wildman–Crippen LogP) is 6.11. The lowest BCUT2D eigenvalue weighted by Crippen LogP contribution is -1.85. The van der Waals surface area contributed by atoms with E-state index in [9.17, 15) is 0 Å². The number of pyridine rings is 1. The molecule has 0 amide bonds. The van der Waals surface area contributed by atoms with Gasteiger partial charge in [0.25, 0.3) is 0 Å². The second kappa shape index (κ2) is 6.71. The second-order valence-electron chi connectivity index (χ2n) is 5.54. The summed E-state index contributed by atoms with van der Waals surface area (Å²) in [6.45, 7) is 0. The Bertz CT molecular complexity index is 1010. The highest BCUT2D eigenvalue weighted by molar-refractivity contribution is 6.35. The van der Waals surface area contributed by atoms with Crippen LogP contribution in [-0.2, 0) is 0 Å². The van der Waals surface area contributed by atoms with E-state index in [4.69, 9.17) is 28.2 Å². The van der Waals surface area contributed by atoms with E-state index < -0.39 is 0 Å². The van der Waals surface area contributed by atoms with E-state index in [0.717, 1.165) is 33.9 Å². The molecule has 1 N–H and O–H groups in total. The largest absolute Gasteiger partial charge is 0.337 e. The molecule has 0 fully saturated rings. The third-order valence-electron chi connectivity index (χ3n) is 3.90. The quantitative estimate of drug-likeness (QED) is 0.475. The first-order valence-electron chi connectivity index (χ1n) is 7.73. The molecule has 0 aliphatic heterocycles. The lowest BCUT2D eigenvalue weighted by molar-refractivity contribution is 1.27. The van der Waals surface area contributed by atoms with E-state index in [-0.39, 0.29) is 0 Å². The monoisotopic (exact) mass is 365 g/mol. The Hall–Kier alpha value is -2.62. The lowest BCUT2D eigenvalue weighted by Gasteiger charge is -2.05. The SMILES string of the molecule is Clc1ccc(Cl)c(-c2nc(-c3ccncc3)[nH]c2-c2ccccc2)c1. The summed E-state index contributed by atoms with van der Waals surface area (Å²) >= 11 is 12.6. The maximum absolute atomic E-state index is 6.42. The molecule has 0 atom stereocenters. The van der Waals surface area contributed by atoms with E-state index in [1.54, 1.807) is 24.5 Å². The van der Waals surface area contributed by atoms with Gasteiger partial charge in [0.05, 0.1) is 16.4 Å². The fourth-order valence-corrected chi connectivity index (χ4v) is 3.09. The fourth-order valence-electron chi connectivity index (χ4n) is 2.71. The zero-order valence-corrected chi connectivity index (χ0v) is 14.6. The van der Waals surface area contributed by atoms with Crippen LogP contribution in [0.2, 0.25) is 10.0 Å². The Morgan fingerprint density at radius 1 is 0.800 bits per heavy atom. The van der Waals surface area contributed by atoms with Crippen molar-refractivity contribution in [2.75, 3.05) is 0 Å². The van der Waals surface area contributed by atoms with Crippen LogP contribution in [0.3, 0.4) is 0 Å². The molecular formula is C20H13Cl2N3. The highest BCUT2D eigenvalue weighted by Gasteiger charge is 2.17. The van der Waals surface area contributed by atoms with E-state index >= 15 is 0 Å². The Morgan fingerprint density at radius 3 is 2.32 bits per heavy atom. The number of aromatic nitrogens is 3. The zero-order valence-electron chi connectivity index (χ0n) is 13.1. The van der Waals surface area contributed by atoms with Crippen LogP contribution in [0.5, 0.6) is 0 Å². The molecular weight excluding hydrogens is 353 g/mol. The summed E-state index contributed by atoms with van der Waals surface area (Å²) < 4.78 is 0. The zero-order chi connectivity index (χ0) is 17.2. The van der Waals surface area contributed by atoms with E-state index in [1.165, 1.54) is 0 Å². The molecule has 0 unspecified atom stereocenters. The van der Waals surface area contributed by atoms with Crippen molar-refractivity contribution < 1.29 is 0 Å². The average molecular weight is 366 g/mol. The molecule has 0 bridgehead atoms. The van der Waals surface area contributed by atoms with Gasteiger partial charge in [-0.25, -0.2) is 4.98 Å². The first kappa shape index (κ1) is 15.9. The van der Waals surface area contributed by atoms with Crippen molar-refractivity contribution in [3.8, 4) is 33.9 Å². The molecule has 4 aromatic rings. The first-order valence-corrected chi connectivity index (χ1v) is 8.49. The molecule has 4 rings (SSSR count). The summed E-state index contributed by atoms with van der Waals surface area (Å²) in [6, 6.07) is 19.3. The minimum Gasteiger partial charge on any atom is -0.337 e. The number of nitrogens with zero attached hydrogens (tertiary/aromatic N) is 2. The molecule has 25 heavy (non-hydrogen) atoms. The van der Waals surface area contributed by atoms with Gasteiger partial charge >= 0.3 is 0 Å². The molecule has 0 radical (unpaired) electrons. The maximum Gasteiger partial charge on any atom is 0.138 e. The average Bonchev–Trinajstić information content (AvgIpc) is 3.10. The highest BCUT2D eigenvalue weighted by Crippen LogP contribution is 2.37. The smallest absolute Gasteiger partial charge is 0.138 e. The van der Waals surface area contributed by atoms with Gasteiger partial charge in [-0.3, -0.25) is 4.98 Å². The molecule has 2 heterocycles. The molecule has 0 aliphatic carbocycles. The van der Waals surface area contributed by atoms with Crippen LogP contribution in [0.1, 0.15) is 0 Å². The van der Waals surface area contributed by atoms with Crippen LogP contribution in [0.25, 0.3) is 33.9 Å². The van der Waals surface area contributed by atoms with Gasteiger partial charge in [0.15, 0.2) is 0 Å². The van der Waals surface area contributed by atoms with Crippen LogP contribution in [0.4, 0.5) is 0 Å². The van der Waals surface area contributed by atoms with Gasteiger partial charge in [-0.05, 0) is 30.3 Å². The van der Waals surface area contributed by atoms with Crippen LogP contribution in [0.15, 0.2) is 73.1 Å². The summed E-state index contributed by atoms with van der Waals surface area (Å²) in [5.74, 6) is 0.757. The van der Waals surface area contributed by atoms with Crippen molar-refractivity contribution in [2.45, 2.75) is 0 Å². The summed E-state index contributed by atoms with van der Waals surface area (Å²) in [7, 11) is 0. The molecule has 2 aromatic heterocycles. The predicted molar refractivity (Wildman–Crippen MR) is 103 cm³/mol. The number of halogens is 2. The molecule has 0 spiro atoms. The lowest BCUT2D eigenvalue weighted by atomic mass is 10.1. The van der Waals surface area contributed by atoms with E-state index in [0.29, 0.717) is 10.0 Å². The van der Waals surface area contributed by atoms with Gasteiger partial charge in [0.2, 0.25) is 0 Å². The van der Waals surface area contributed by atoms with Crippen molar-refractivity contribution in [1.82, 2.24) is 15.0 Å².